The standard InChI is InChI=1S/C21H20F2N4O4/c1-12-17(19(28)24-11-21(7-8-21)26-20(29)30)27-9-3-6-16(18(27)25-12)31-10-13-14(22)4-2-5-15(13)23/h2-6,9,26H,7-8,10-11H2,1H3,(H,24,28)(H,29,30). The molecule has 0 unspecified atom stereocenters. The van der Waals surface area contributed by atoms with Gasteiger partial charge < -0.3 is 20.5 Å². The molecule has 10 heteroatoms. The number of amides is 2. The summed E-state index contributed by atoms with van der Waals surface area (Å²) in [6.45, 7) is 1.48. The highest BCUT2D eigenvalue weighted by Crippen LogP contribution is 2.34. The Kier molecular flexibility index (Phi) is 5.22. The summed E-state index contributed by atoms with van der Waals surface area (Å²) in [6, 6.07) is 6.80. The topological polar surface area (TPSA) is 105 Å². The minimum Gasteiger partial charge on any atom is -0.485 e. The van der Waals surface area contributed by atoms with Crippen LogP contribution in [0.2, 0.25) is 0 Å². The number of imidazole rings is 1. The molecule has 2 amide bonds. The summed E-state index contributed by atoms with van der Waals surface area (Å²) in [7, 11) is 0. The van der Waals surface area contributed by atoms with Gasteiger partial charge in [-0.1, -0.05) is 6.07 Å². The third kappa shape index (κ3) is 4.14. The van der Waals surface area contributed by atoms with Crippen LogP contribution in [-0.4, -0.2) is 38.6 Å². The maximum atomic E-state index is 13.9. The number of ether oxygens (including phenoxy) is 1. The number of carbonyl (C=O) groups excluding carboxylic acids is 1. The molecule has 0 radical (unpaired) electrons. The van der Waals surface area contributed by atoms with Crippen molar-refractivity contribution >= 4 is 17.6 Å². The normalized spacial score (nSPS) is 14.3. The van der Waals surface area contributed by atoms with Crippen LogP contribution in [0.1, 0.15) is 34.6 Å². The van der Waals surface area contributed by atoms with Crippen LogP contribution in [0.25, 0.3) is 5.65 Å². The smallest absolute Gasteiger partial charge is 0.405 e. The summed E-state index contributed by atoms with van der Waals surface area (Å²) in [6.07, 6.45) is 1.79. The second kappa shape index (κ2) is 7.86. The molecule has 0 aliphatic heterocycles. The van der Waals surface area contributed by atoms with E-state index in [1.54, 1.807) is 25.3 Å². The maximum Gasteiger partial charge on any atom is 0.405 e. The van der Waals surface area contributed by atoms with Crippen LogP contribution in [0.5, 0.6) is 5.75 Å². The molecule has 2 aromatic heterocycles. The van der Waals surface area contributed by atoms with Crippen LogP contribution < -0.4 is 15.4 Å². The van der Waals surface area contributed by atoms with Crippen molar-refractivity contribution in [1.29, 1.82) is 0 Å². The summed E-state index contributed by atoms with van der Waals surface area (Å²) in [5.41, 5.74) is 0.192. The first-order chi connectivity index (χ1) is 14.8. The lowest BCUT2D eigenvalue weighted by Gasteiger charge is -2.16. The van der Waals surface area contributed by atoms with E-state index in [0.717, 1.165) is 12.1 Å². The first-order valence-electron chi connectivity index (χ1n) is 9.62. The van der Waals surface area contributed by atoms with E-state index >= 15 is 0 Å². The molecule has 8 nitrogen and oxygen atoms in total. The molecule has 0 bridgehead atoms. The van der Waals surface area contributed by atoms with Gasteiger partial charge in [-0.05, 0) is 44.0 Å². The highest BCUT2D eigenvalue weighted by molar-refractivity contribution is 5.95. The molecule has 0 saturated heterocycles. The lowest BCUT2D eigenvalue weighted by Crippen LogP contribution is -2.45. The third-order valence-corrected chi connectivity index (χ3v) is 5.25. The Labute approximate surface area is 175 Å². The molecule has 3 aromatic rings. The van der Waals surface area contributed by atoms with Gasteiger partial charge in [0, 0.05) is 12.7 Å². The number of carbonyl (C=O) groups is 2. The summed E-state index contributed by atoms with van der Waals surface area (Å²) in [5, 5.41) is 14.1. The Hall–Kier alpha value is -3.69. The van der Waals surface area contributed by atoms with Crippen LogP contribution in [0.15, 0.2) is 36.5 Å². The molecule has 1 saturated carbocycles. The van der Waals surface area contributed by atoms with Gasteiger partial charge in [0.15, 0.2) is 11.4 Å². The van der Waals surface area contributed by atoms with E-state index in [4.69, 9.17) is 9.84 Å². The minimum absolute atomic E-state index is 0.160. The fraction of sp³-hybridized carbons (Fsp3) is 0.286. The monoisotopic (exact) mass is 430 g/mol. The van der Waals surface area contributed by atoms with Crippen molar-refractivity contribution in [1.82, 2.24) is 20.0 Å². The van der Waals surface area contributed by atoms with Crippen molar-refractivity contribution in [3.05, 3.63) is 65.1 Å². The van der Waals surface area contributed by atoms with Gasteiger partial charge in [-0.25, -0.2) is 18.6 Å². The minimum atomic E-state index is -1.13. The van der Waals surface area contributed by atoms with Crippen molar-refractivity contribution < 1.29 is 28.2 Å². The van der Waals surface area contributed by atoms with Gasteiger partial charge in [0.05, 0.1) is 16.8 Å². The number of benzene rings is 1. The van der Waals surface area contributed by atoms with Gasteiger partial charge in [-0.2, -0.15) is 0 Å². The van der Waals surface area contributed by atoms with E-state index in [1.165, 1.54) is 10.5 Å². The zero-order valence-electron chi connectivity index (χ0n) is 16.6. The first kappa shape index (κ1) is 20.6. The van der Waals surface area contributed by atoms with Gasteiger partial charge in [0.1, 0.15) is 23.9 Å². The molecule has 0 atom stereocenters. The molecule has 31 heavy (non-hydrogen) atoms. The average Bonchev–Trinajstić information content (AvgIpc) is 3.37. The van der Waals surface area contributed by atoms with E-state index in [2.05, 4.69) is 15.6 Å². The van der Waals surface area contributed by atoms with Crippen LogP contribution in [0.4, 0.5) is 13.6 Å². The fourth-order valence-corrected chi connectivity index (χ4v) is 3.42. The van der Waals surface area contributed by atoms with Gasteiger partial charge in [-0.15, -0.1) is 0 Å². The van der Waals surface area contributed by atoms with Crippen molar-refractivity contribution in [2.45, 2.75) is 31.9 Å². The van der Waals surface area contributed by atoms with Gasteiger partial charge in [-0.3, -0.25) is 9.20 Å². The molecule has 4 rings (SSSR count). The Balaban J connectivity index is 1.54. The van der Waals surface area contributed by atoms with E-state index in [0.29, 0.717) is 24.2 Å². The second-order valence-electron chi connectivity index (χ2n) is 7.49. The summed E-state index contributed by atoms with van der Waals surface area (Å²) in [5.74, 6) is -1.58. The van der Waals surface area contributed by atoms with Gasteiger partial charge in [0.2, 0.25) is 0 Å². The molecule has 0 spiro atoms. The molecule has 1 aliphatic rings. The van der Waals surface area contributed by atoms with Crippen LogP contribution >= 0.6 is 0 Å². The van der Waals surface area contributed by atoms with E-state index in [1.807, 2.05) is 0 Å². The van der Waals surface area contributed by atoms with Crippen molar-refractivity contribution in [2.75, 3.05) is 6.54 Å². The third-order valence-electron chi connectivity index (χ3n) is 5.25. The Morgan fingerprint density at radius 1 is 1.23 bits per heavy atom. The van der Waals surface area contributed by atoms with E-state index in [-0.39, 0.29) is 30.2 Å². The number of fused-ring (bicyclic) bond motifs is 1. The fourth-order valence-electron chi connectivity index (χ4n) is 3.42. The van der Waals surface area contributed by atoms with Crippen molar-refractivity contribution in [3.8, 4) is 5.75 Å². The zero-order chi connectivity index (χ0) is 22.2. The predicted octanol–water partition coefficient (Wildman–Crippen LogP) is 3.03. The number of halogens is 2. The molecular weight excluding hydrogens is 410 g/mol. The molecular formula is C21H20F2N4O4. The van der Waals surface area contributed by atoms with Gasteiger partial charge >= 0.3 is 6.09 Å². The quantitative estimate of drug-likeness (QED) is 0.535. The molecule has 1 fully saturated rings. The Morgan fingerprint density at radius 3 is 2.58 bits per heavy atom. The number of aromatic nitrogens is 2. The number of nitrogens with zero attached hydrogens (tertiary/aromatic N) is 2. The highest BCUT2D eigenvalue weighted by atomic mass is 19.1. The summed E-state index contributed by atoms with van der Waals surface area (Å²) >= 11 is 0. The number of hydrogen-bond acceptors (Lipinski definition) is 4. The Bertz CT molecular complexity index is 1150. The zero-order valence-corrected chi connectivity index (χ0v) is 16.6. The van der Waals surface area contributed by atoms with Crippen LogP contribution in [0, 0.1) is 18.6 Å². The van der Waals surface area contributed by atoms with Crippen molar-refractivity contribution in [3.63, 3.8) is 0 Å². The number of pyridine rings is 1. The average molecular weight is 430 g/mol. The summed E-state index contributed by atoms with van der Waals surface area (Å²) < 4.78 is 34.9. The number of hydrogen-bond donors (Lipinski definition) is 3. The second-order valence-corrected chi connectivity index (χ2v) is 7.49. The highest BCUT2D eigenvalue weighted by Gasteiger charge is 2.44. The number of rotatable bonds is 7. The van der Waals surface area contributed by atoms with Crippen LogP contribution in [0.3, 0.4) is 0 Å². The lowest BCUT2D eigenvalue weighted by atomic mass is 10.2. The van der Waals surface area contributed by atoms with Crippen molar-refractivity contribution in [2.24, 2.45) is 0 Å². The number of carboxylic acid groups (broad SMARTS) is 1. The maximum absolute atomic E-state index is 13.9. The SMILES string of the molecule is Cc1nc2c(OCc3c(F)cccc3F)cccn2c1C(=O)NCC1(NC(=O)O)CC1. The predicted molar refractivity (Wildman–Crippen MR) is 106 cm³/mol. The molecule has 1 aromatic carbocycles. The van der Waals surface area contributed by atoms with E-state index in [9.17, 15) is 18.4 Å². The van der Waals surface area contributed by atoms with Crippen LogP contribution in [-0.2, 0) is 6.61 Å². The summed E-state index contributed by atoms with van der Waals surface area (Å²) in [4.78, 5) is 28.1. The van der Waals surface area contributed by atoms with Gasteiger partial charge in [0.25, 0.3) is 5.91 Å². The first-order valence-corrected chi connectivity index (χ1v) is 9.62. The molecule has 3 N–H and O–H groups in total. The molecule has 1 aliphatic carbocycles. The number of aryl methyl sites for hydroxylation is 1. The largest absolute Gasteiger partial charge is 0.485 e. The number of nitrogens with one attached hydrogen (secondary N) is 2. The Morgan fingerprint density at radius 2 is 1.94 bits per heavy atom. The van der Waals surface area contributed by atoms with E-state index < -0.39 is 29.2 Å². The molecule has 2 heterocycles. The lowest BCUT2D eigenvalue weighted by molar-refractivity contribution is 0.0939. The molecule has 162 valence electrons.